The zero-order valence-electron chi connectivity index (χ0n) is 21.1. The summed E-state index contributed by atoms with van der Waals surface area (Å²) in [6.07, 6.45) is 0.231. The number of hydrogen-bond acceptors (Lipinski definition) is 5. The van der Waals surface area contributed by atoms with Crippen LogP contribution in [0.4, 0.5) is 17.6 Å². The summed E-state index contributed by atoms with van der Waals surface area (Å²) >= 11 is 0. The predicted molar refractivity (Wildman–Crippen MR) is 134 cm³/mol. The molecule has 2 aliphatic rings. The lowest BCUT2D eigenvalue weighted by atomic mass is 9.72. The van der Waals surface area contributed by atoms with E-state index in [4.69, 9.17) is 0 Å². The lowest BCUT2D eigenvalue weighted by molar-refractivity contribution is -0.141. The van der Waals surface area contributed by atoms with Gasteiger partial charge in [-0.25, -0.2) is 9.37 Å². The molecule has 2 atom stereocenters. The molecule has 1 aromatic carbocycles. The lowest BCUT2D eigenvalue weighted by Gasteiger charge is -2.33. The molecule has 0 spiro atoms. The van der Waals surface area contributed by atoms with Crippen LogP contribution < -0.4 is 5.32 Å². The van der Waals surface area contributed by atoms with Crippen LogP contribution >= 0.6 is 0 Å². The van der Waals surface area contributed by atoms with Gasteiger partial charge in [0.25, 0.3) is 0 Å². The number of aromatic amines is 1. The smallest absolute Gasteiger partial charge is 0.320 e. The molecular weight excluding hydrogens is 498 g/mol. The second-order valence-electron chi connectivity index (χ2n) is 10.6. The van der Waals surface area contributed by atoms with Crippen LogP contribution in [-0.4, -0.2) is 42.2 Å². The first-order valence-corrected chi connectivity index (χ1v) is 13.0. The quantitative estimate of drug-likeness (QED) is 0.294. The first kappa shape index (κ1) is 25.0. The number of aryl methyl sites for hydroxylation is 1. The largest absolute Gasteiger partial charge is 0.433 e. The van der Waals surface area contributed by atoms with Crippen LogP contribution in [0.15, 0.2) is 36.7 Å². The minimum absolute atomic E-state index is 0.0374. The second-order valence-corrected chi connectivity index (χ2v) is 10.6. The van der Waals surface area contributed by atoms with Crippen molar-refractivity contribution >= 4 is 10.9 Å². The predicted octanol–water partition coefficient (Wildman–Crippen LogP) is 5.86. The standard InChI is InChI=1S/C27H29F4N7/c1-14(33-19-10-18(28)11-19)23-25-20(12-21(34-23)27(29,30)31)24(35-36-25)17-8-4-7-16(9-17)22(15-5-3-6-15)26-37-32-13-38(26)2/h4,7-9,12-15,18-19,22,33H,3,5-6,10-11H2,1-2H3,(H,35,36)/t14-,18?,19?,22+/m0/s1. The van der Waals surface area contributed by atoms with Gasteiger partial charge in [-0.2, -0.15) is 18.3 Å². The van der Waals surface area contributed by atoms with Crippen LogP contribution in [0.3, 0.4) is 0 Å². The third-order valence-corrected chi connectivity index (χ3v) is 8.01. The summed E-state index contributed by atoms with van der Waals surface area (Å²) in [7, 11) is 1.92. The summed E-state index contributed by atoms with van der Waals surface area (Å²) in [5.41, 5.74) is 1.87. The Morgan fingerprint density at radius 2 is 1.95 bits per heavy atom. The van der Waals surface area contributed by atoms with Crippen LogP contribution in [-0.2, 0) is 13.2 Å². The number of alkyl halides is 4. The van der Waals surface area contributed by atoms with Gasteiger partial charge >= 0.3 is 6.18 Å². The molecule has 2 N–H and O–H groups in total. The van der Waals surface area contributed by atoms with E-state index in [0.29, 0.717) is 40.9 Å². The van der Waals surface area contributed by atoms with Crippen molar-refractivity contribution in [3.63, 3.8) is 0 Å². The van der Waals surface area contributed by atoms with Gasteiger partial charge in [-0.3, -0.25) is 5.10 Å². The maximum atomic E-state index is 13.9. The topological polar surface area (TPSA) is 84.3 Å². The summed E-state index contributed by atoms with van der Waals surface area (Å²) in [5, 5.41) is 19.4. The number of pyridine rings is 1. The summed E-state index contributed by atoms with van der Waals surface area (Å²) < 4.78 is 57.0. The van der Waals surface area contributed by atoms with E-state index in [1.807, 2.05) is 35.9 Å². The zero-order valence-corrected chi connectivity index (χ0v) is 21.1. The molecule has 0 bridgehead atoms. The first-order valence-electron chi connectivity index (χ1n) is 13.0. The maximum Gasteiger partial charge on any atom is 0.433 e. The Hall–Kier alpha value is -3.34. The highest BCUT2D eigenvalue weighted by atomic mass is 19.4. The van der Waals surface area contributed by atoms with Crippen LogP contribution in [0, 0.1) is 5.92 Å². The third-order valence-electron chi connectivity index (χ3n) is 8.01. The first-order chi connectivity index (χ1) is 18.2. The van der Waals surface area contributed by atoms with E-state index in [1.54, 1.807) is 13.3 Å². The molecule has 0 radical (unpaired) electrons. The normalized spacial score (nSPS) is 21.7. The molecule has 0 unspecified atom stereocenters. The third kappa shape index (κ3) is 4.46. The average molecular weight is 528 g/mol. The molecule has 6 rings (SSSR count). The molecule has 3 heterocycles. The molecule has 38 heavy (non-hydrogen) atoms. The summed E-state index contributed by atoms with van der Waals surface area (Å²) in [6.45, 7) is 1.75. The molecule has 3 aromatic heterocycles. The van der Waals surface area contributed by atoms with Crippen LogP contribution in [0.25, 0.3) is 22.2 Å². The molecule has 4 aromatic rings. The van der Waals surface area contributed by atoms with Gasteiger partial charge in [0.2, 0.25) is 0 Å². The highest BCUT2D eigenvalue weighted by Crippen LogP contribution is 2.44. The van der Waals surface area contributed by atoms with Crippen LogP contribution in [0.2, 0.25) is 0 Å². The van der Waals surface area contributed by atoms with Crippen molar-refractivity contribution in [2.75, 3.05) is 0 Å². The fraction of sp³-hybridized carbons (Fsp3) is 0.481. The lowest BCUT2D eigenvalue weighted by Crippen LogP contribution is -2.43. The molecule has 200 valence electrons. The van der Waals surface area contributed by atoms with Crippen LogP contribution in [0.1, 0.15) is 73.8 Å². The zero-order chi connectivity index (χ0) is 26.6. The molecule has 7 nitrogen and oxygen atoms in total. The summed E-state index contributed by atoms with van der Waals surface area (Å²) in [5.74, 6) is 1.34. The highest BCUT2D eigenvalue weighted by molar-refractivity contribution is 5.94. The van der Waals surface area contributed by atoms with Crippen molar-refractivity contribution in [3.8, 4) is 11.3 Å². The Balaban J connectivity index is 1.42. The number of hydrogen-bond donors (Lipinski definition) is 2. The Kier molecular flexibility index (Phi) is 6.20. The fourth-order valence-electron chi connectivity index (χ4n) is 5.70. The molecular formula is C27H29F4N7. The van der Waals surface area contributed by atoms with Gasteiger partial charge in [-0.15, -0.1) is 10.2 Å². The molecule has 2 fully saturated rings. The number of fused-ring (bicyclic) bond motifs is 1. The van der Waals surface area contributed by atoms with Crippen molar-refractivity contribution < 1.29 is 17.6 Å². The van der Waals surface area contributed by atoms with Gasteiger partial charge in [-0.1, -0.05) is 24.6 Å². The minimum Gasteiger partial charge on any atom is -0.320 e. The van der Waals surface area contributed by atoms with E-state index < -0.39 is 24.1 Å². The van der Waals surface area contributed by atoms with Gasteiger partial charge in [-0.05, 0) is 56.2 Å². The Morgan fingerprint density at radius 1 is 1.16 bits per heavy atom. The van der Waals surface area contributed by atoms with Crippen molar-refractivity contribution in [1.82, 2.24) is 35.3 Å². The second kappa shape index (κ2) is 9.44. The van der Waals surface area contributed by atoms with E-state index in [2.05, 4.69) is 30.7 Å². The number of aromatic nitrogens is 6. The number of rotatable bonds is 7. The minimum atomic E-state index is -4.62. The Bertz CT molecular complexity index is 1450. The Morgan fingerprint density at radius 3 is 2.58 bits per heavy atom. The van der Waals surface area contributed by atoms with Gasteiger partial charge in [0.05, 0.1) is 11.2 Å². The number of nitrogens with zero attached hydrogens (tertiary/aromatic N) is 5. The van der Waals surface area contributed by atoms with E-state index >= 15 is 0 Å². The molecule has 11 heteroatoms. The van der Waals surface area contributed by atoms with Gasteiger partial charge in [0.1, 0.15) is 29.7 Å². The average Bonchev–Trinajstić information content (AvgIpc) is 3.45. The molecule has 2 saturated carbocycles. The Labute approximate surface area is 217 Å². The van der Waals surface area contributed by atoms with Crippen molar-refractivity contribution in [3.05, 3.63) is 59.4 Å². The number of nitrogens with one attached hydrogen (secondary N) is 2. The monoisotopic (exact) mass is 527 g/mol. The van der Waals surface area contributed by atoms with Gasteiger partial charge in [0, 0.05) is 36.0 Å². The van der Waals surface area contributed by atoms with E-state index in [-0.39, 0.29) is 17.7 Å². The SMILES string of the molecule is C[C@H](NC1CC(F)C1)c1nc(C(F)(F)F)cc2c(-c3cccc([C@H](c4nncn4C)C4CCC4)c3)n[nH]c12. The molecule has 2 aliphatic carbocycles. The summed E-state index contributed by atoms with van der Waals surface area (Å²) in [4.78, 5) is 3.97. The molecule has 0 amide bonds. The number of halogens is 4. The maximum absolute atomic E-state index is 13.9. The van der Waals surface area contributed by atoms with Crippen molar-refractivity contribution in [2.24, 2.45) is 13.0 Å². The number of benzene rings is 1. The van der Waals surface area contributed by atoms with Gasteiger partial charge in [0.15, 0.2) is 0 Å². The number of H-pyrrole nitrogens is 1. The van der Waals surface area contributed by atoms with Gasteiger partial charge < -0.3 is 9.88 Å². The van der Waals surface area contributed by atoms with E-state index in [9.17, 15) is 17.6 Å². The highest BCUT2D eigenvalue weighted by Gasteiger charge is 2.37. The molecule has 0 saturated heterocycles. The van der Waals surface area contributed by atoms with E-state index in [0.717, 1.165) is 36.7 Å². The molecule has 0 aliphatic heterocycles. The fourth-order valence-corrected chi connectivity index (χ4v) is 5.70. The van der Waals surface area contributed by atoms with E-state index in [1.165, 1.54) is 0 Å². The van der Waals surface area contributed by atoms with Crippen molar-refractivity contribution in [1.29, 1.82) is 0 Å². The van der Waals surface area contributed by atoms with Crippen LogP contribution in [0.5, 0.6) is 0 Å². The summed E-state index contributed by atoms with van der Waals surface area (Å²) in [6, 6.07) is 8.26. The van der Waals surface area contributed by atoms with Crippen molar-refractivity contribution in [2.45, 2.75) is 69.4 Å².